The first kappa shape index (κ1) is 23.3. The lowest BCUT2D eigenvalue weighted by Gasteiger charge is -2.48. The molecule has 0 spiro atoms. The molecule has 0 saturated carbocycles. The minimum atomic E-state index is 0.241. The van der Waals surface area contributed by atoms with Crippen molar-refractivity contribution in [2.24, 2.45) is 11.8 Å². The fraction of sp³-hybridized carbons (Fsp3) is 0.571. The SMILES string of the molecule is CCC1CN2CCc3cc(OC)c(OC)cc3[C@H]2CC1C[C@H]1NCCc2cc(O)c(OC)cc21. The Morgan fingerprint density at radius 2 is 1.62 bits per heavy atom. The van der Waals surface area contributed by atoms with Crippen molar-refractivity contribution in [3.63, 3.8) is 0 Å². The molecule has 34 heavy (non-hydrogen) atoms. The van der Waals surface area contributed by atoms with E-state index in [1.54, 1.807) is 21.3 Å². The highest BCUT2D eigenvalue weighted by Crippen LogP contribution is 2.47. The van der Waals surface area contributed by atoms with Gasteiger partial charge in [-0.3, -0.25) is 4.90 Å². The van der Waals surface area contributed by atoms with Crippen molar-refractivity contribution in [2.75, 3.05) is 41.0 Å². The lowest BCUT2D eigenvalue weighted by molar-refractivity contribution is 0.0434. The molecule has 2 unspecified atom stereocenters. The van der Waals surface area contributed by atoms with Crippen LogP contribution in [0.3, 0.4) is 0 Å². The van der Waals surface area contributed by atoms with Crippen molar-refractivity contribution in [1.82, 2.24) is 10.2 Å². The van der Waals surface area contributed by atoms with E-state index in [9.17, 15) is 5.11 Å². The molecule has 2 N–H and O–H groups in total. The molecule has 1 fully saturated rings. The van der Waals surface area contributed by atoms with E-state index >= 15 is 0 Å². The second-order valence-corrected chi connectivity index (χ2v) is 10.0. The number of hydrogen-bond donors (Lipinski definition) is 2. The van der Waals surface area contributed by atoms with E-state index in [0.29, 0.717) is 23.6 Å². The fourth-order valence-electron chi connectivity index (χ4n) is 6.59. The van der Waals surface area contributed by atoms with E-state index in [0.717, 1.165) is 56.8 Å². The number of hydrogen-bond acceptors (Lipinski definition) is 6. The summed E-state index contributed by atoms with van der Waals surface area (Å²) in [6, 6.07) is 9.06. The summed E-state index contributed by atoms with van der Waals surface area (Å²) in [6.45, 7) is 5.55. The summed E-state index contributed by atoms with van der Waals surface area (Å²) in [6.07, 6.45) is 5.46. The number of fused-ring (bicyclic) bond motifs is 4. The van der Waals surface area contributed by atoms with Crippen LogP contribution in [0.2, 0.25) is 0 Å². The topological polar surface area (TPSA) is 63.2 Å². The second kappa shape index (κ2) is 9.67. The van der Waals surface area contributed by atoms with Gasteiger partial charge >= 0.3 is 0 Å². The number of benzene rings is 2. The number of phenolic OH excluding ortho intramolecular Hbond substituents is 1. The monoisotopic (exact) mass is 466 g/mol. The summed E-state index contributed by atoms with van der Waals surface area (Å²) in [4.78, 5) is 2.70. The molecule has 6 heteroatoms. The molecule has 2 aromatic carbocycles. The molecule has 0 aliphatic carbocycles. The summed E-state index contributed by atoms with van der Waals surface area (Å²) in [5.74, 6) is 3.76. The van der Waals surface area contributed by atoms with Crippen molar-refractivity contribution in [1.29, 1.82) is 0 Å². The summed E-state index contributed by atoms with van der Waals surface area (Å²) in [5, 5.41) is 14.1. The average molecular weight is 467 g/mol. The van der Waals surface area contributed by atoms with Gasteiger partial charge in [-0.05, 0) is 90.6 Å². The van der Waals surface area contributed by atoms with Gasteiger partial charge in [0.15, 0.2) is 23.0 Å². The van der Waals surface area contributed by atoms with Gasteiger partial charge in [0.1, 0.15) is 0 Å². The molecule has 3 heterocycles. The molecule has 0 aromatic heterocycles. The molecular weight excluding hydrogens is 428 g/mol. The van der Waals surface area contributed by atoms with E-state index < -0.39 is 0 Å². The summed E-state index contributed by atoms with van der Waals surface area (Å²) >= 11 is 0. The second-order valence-electron chi connectivity index (χ2n) is 10.0. The van der Waals surface area contributed by atoms with E-state index in [4.69, 9.17) is 14.2 Å². The van der Waals surface area contributed by atoms with Crippen molar-refractivity contribution < 1.29 is 19.3 Å². The van der Waals surface area contributed by atoms with Crippen molar-refractivity contribution in [2.45, 2.75) is 51.1 Å². The van der Waals surface area contributed by atoms with Crippen LogP contribution in [0, 0.1) is 11.8 Å². The van der Waals surface area contributed by atoms with Crippen molar-refractivity contribution in [3.8, 4) is 23.0 Å². The fourth-order valence-corrected chi connectivity index (χ4v) is 6.59. The third-order valence-corrected chi connectivity index (χ3v) is 8.44. The molecule has 3 aliphatic rings. The van der Waals surface area contributed by atoms with E-state index in [2.05, 4.69) is 29.3 Å². The first-order valence-electron chi connectivity index (χ1n) is 12.7. The predicted octanol–water partition coefficient (Wildman–Crippen LogP) is 4.64. The van der Waals surface area contributed by atoms with E-state index in [-0.39, 0.29) is 11.8 Å². The zero-order valence-corrected chi connectivity index (χ0v) is 20.9. The standard InChI is InChI=1S/C28H38N2O4/c1-5-17-16-30-9-7-19-13-27(33-3)28(34-4)15-22(19)24(30)11-20(17)10-23-21-14-26(32-2)25(31)12-18(21)6-8-29-23/h12-15,17,20,23-24,29,31H,5-11,16H2,1-4H3/t17?,20?,23-,24-/m1/s1. The Balaban J connectivity index is 1.43. The molecule has 3 aliphatic heterocycles. The van der Waals surface area contributed by atoms with E-state index in [1.165, 1.54) is 28.7 Å². The first-order valence-corrected chi connectivity index (χ1v) is 12.7. The zero-order valence-electron chi connectivity index (χ0n) is 20.9. The van der Waals surface area contributed by atoms with Crippen molar-refractivity contribution in [3.05, 3.63) is 46.5 Å². The number of ether oxygens (including phenoxy) is 3. The average Bonchev–Trinajstić information content (AvgIpc) is 2.87. The molecular formula is C28H38N2O4. The highest BCUT2D eigenvalue weighted by molar-refractivity contribution is 5.50. The van der Waals surface area contributed by atoms with Crippen LogP contribution >= 0.6 is 0 Å². The lowest BCUT2D eigenvalue weighted by Crippen LogP contribution is -2.46. The minimum Gasteiger partial charge on any atom is -0.504 e. The van der Waals surface area contributed by atoms with Gasteiger partial charge < -0.3 is 24.6 Å². The summed E-state index contributed by atoms with van der Waals surface area (Å²) in [5.41, 5.74) is 5.34. The molecule has 5 rings (SSSR count). The molecule has 184 valence electrons. The van der Waals surface area contributed by atoms with Gasteiger partial charge in [-0.2, -0.15) is 0 Å². The first-order chi connectivity index (χ1) is 16.6. The van der Waals surface area contributed by atoms with Crippen LogP contribution in [-0.2, 0) is 12.8 Å². The van der Waals surface area contributed by atoms with Gasteiger partial charge in [0.2, 0.25) is 0 Å². The van der Waals surface area contributed by atoms with Gasteiger partial charge in [0.25, 0.3) is 0 Å². The Bertz CT molecular complexity index is 1040. The highest BCUT2D eigenvalue weighted by Gasteiger charge is 2.40. The van der Waals surface area contributed by atoms with Crippen LogP contribution in [0.15, 0.2) is 24.3 Å². The van der Waals surface area contributed by atoms with Crippen LogP contribution in [-0.4, -0.2) is 51.0 Å². The van der Waals surface area contributed by atoms with Crippen molar-refractivity contribution >= 4 is 0 Å². The Morgan fingerprint density at radius 3 is 2.35 bits per heavy atom. The van der Waals surface area contributed by atoms with Crippen LogP contribution in [0.1, 0.15) is 60.5 Å². The van der Waals surface area contributed by atoms with Crippen LogP contribution in [0.25, 0.3) is 0 Å². The number of phenols is 1. The van der Waals surface area contributed by atoms with Gasteiger partial charge in [0, 0.05) is 25.2 Å². The van der Waals surface area contributed by atoms with E-state index in [1.807, 2.05) is 12.1 Å². The summed E-state index contributed by atoms with van der Waals surface area (Å²) < 4.78 is 16.7. The van der Waals surface area contributed by atoms with Crippen LogP contribution in [0.5, 0.6) is 23.0 Å². The van der Waals surface area contributed by atoms with Gasteiger partial charge in [-0.1, -0.05) is 13.3 Å². The smallest absolute Gasteiger partial charge is 0.161 e. The number of nitrogens with zero attached hydrogens (tertiary/aromatic N) is 1. The predicted molar refractivity (Wildman–Crippen MR) is 133 cm³/mol. The number of rotatable bonds is 6. The third kappa shape index (κ3) is 4.11. The molecule has 4 atom stereocenters. The largest absolute Gasteiger partial charge is 0.504 e. The zero-order chi connectivity index (χ0) is 23.8. The number of piperidine rings is 1. The number of methoxy groups -OCH3 is 3. The maximum Gasteiger partial charge on any atom is 0.161 e. The Morgan fingerprint density at radius 1 is 0.912 bits per heavy atom. The molecule has 0 amide bonds. The van der Waals surface area contributed by atoms with Gasteiger partial charge in [0.05, 0.1) is 21.3 Å². The minimum absolute atomic E-state index is 0.241. The summed E-state index contributed by atoms with van der Waals surface area (Å²) in [7, 11) is 5.06. The van der Waals surface area contributed by atoms with Gasteiger partial charge in [-0.15, -0.1) is 0 Å². The quantitative estimate of drug-likeness (QED) is 0.647. The molecule has 6 nitrogen and oxygen atoms in total. The van der Waals surface area contributed by atoms with Gasteiger partial charge in [-0.25, -0.2) is 0 Å². The normalized spacial score (nSPS) is 26.2. The Labute approximate surface area is 203 Å². The molecule has 2 aromatic rings. The Hall–Kier alpha value is -2.44. The molecule has 0 radical (unpaired) electrons. The number of nitrogens with one attached hydrogen (secondary N) is 1. The number of aromatic hydroxyl groups is 1. The third-order valence-electron chi connectivity index (χ3n) is 8.44. The lowest BCUT2D eigenvalue weighted by atomic mass is 9.72. The highest BCUT2D eigenvalue weighted by atomic mass is 16.5. The molecule has 0 bridgehead atoms. The molecule has 1 saturated heterocycles. The maximum atomic E-state index is 10.3. The van der Waals surface area contributed by atoms with Crippen LogP contribution in [0.4, 0.5) is 0 Å². The van der Waals surface area contributed by atoms with Crippen LogP contribution < -0.4 is 19.5 Å². The Kier molecular flexibility index (Phi) is 6.63. The maximum absolute atomic E-state index is 10.3.